The number of halogens is 3. The van der Waals surface area contributed by atoms with Gasteiger partial charge < -0.3 is 19.3 Å². The molecule has 0 aliphatic carbocycles. The molecule has 2 aliphatic rings. The van der Waals surface area contributed by atoms with E-state index in [2.05, 4.69) is 4.74 Å². The third-order valence-corrected chi connectivity index (χ3v) is 6.22. The lowest BCUT2D eigenvalue weighted by Gasteiger charge is -2.41. The highest BCUT2D eigenvalue weighted by Crippen LogP contribution is 2.47. The summed E-state index contributed by atoms with van der Waals surface area (Å²) in [6.07, 6.45) is 0. The van der Waals surface area contributed by atoms with Gasteiger partial charge in [-0.3, -0.25) is 14.5 Å². The van der Waals surface area contributed by atoms with Crippen LogP contribution in [0.2, 0.25) is 5.02 Å². The van der Waals surface area contributed by atoms with Gasteiger partial charge in [0.05, 0.1) is 11.1 Å². The van der Waals surface area contributed by atoms with E-state index in [0.29, 0.717) is 35.8 Å². The number of ether oxygens (including phenoxy) is 3. The number of carbonyl (C=O) groups excluding carboxylic acids is 1. The van der Waals surface area contributed by atoms with E-state index in [1.165, 1.54) is 23.1 Å². The average molecular weight is 502 g/mol. The fourth-order valence-corrected chi connectivity index (χ4v) is 4.72. The maximum atomic E-state index is 13.7. The first-order chi connectivity index (χ1) is 16.8. The number of aliphatic carboxylic acids is 1. The fraction of sp³-hybridized carbons (Fsp3) is 0.200. The Morgan fingerprint density at radius 1 is 1.06 bits per heavy atom. The summed E-state index contributed by atoms with van der Waals surface area (Å²) >= 11 is 6.18. The monoisotopic (exact) mass is 501 g/mol. The Kier molecular flexibility index (Phi) is 5.94. The van der Waals surface area contributed by atoms with E-state index in [4.69, 9.17) is 21.1 Å². The van der Waals surface area contributed by atoms with Crippen LogP contribution in [0.1, 0.15) is 33.4 Å². The highest BCUT2D eigenvalue weighted by atomic mass is 35.5. The summed E-state index contributed by atoms with van der Waals surface area (Å²) in [4.78, 5) is 27.6. The van der Waals surface area contributed by atoms with Crippen molar-refractivity contribution >= 4 is 29.2 Å². The molecule has 0 spiro atoms. The summed E-state index contributed by atoms with van der Waals surface area (Å²) < 4.78 is 41.1. The van der Waals surface area contributed by atoms with Crippen molar-refractivity contribution in [3.63, 3.8) is 0 Å². The van der Waals surface area contributed by atoms with E-state index in [1.54, 1.807) is 42.5 Å². The molecule has 0 bridgehead atoms. The normalized spacial score (nSPS) is 18.9. The van der Waals surface area contributed by atoms with E-state index in [9.17, 15) is 23.5 Å². The van der Waals surface area contributed by atoms with Gasteiger partial charge in [-0.1, -0.05) is 35.9 Å². The van der Waals surface area contributed by atoms with E-state index < -0.39 is 30.4 Å². The molecule has 0 saturated heterocycles. The van der Waals surface area contributed by atoms with Crippen LogP contribution in [0.5, 0.6) is 17.2 Å². The number of alkyl halides is 2. The Morgan fingerprint density at radius 2 is 1.80 bits per heavy atom. The van der Waals surface area contributed by atoms with Crippen molar-refractivity contribution < 1.29 is 37.7 Å². The molecule has 0 saturated carbocycles. The van der Waals surface area contributed by atoms with Gasteiger partial charge in [-0.05, 0) is 47.5 Å². The Morgan fingerprint density at radius 3 is 2.51 bits per heavy atom. The van der Waals surface area contributed by atoms with Gasteiger partial charge in [-0.25, -0.2) is 0 Å². The highest BCUT2D eigenvalue weighted by Gasteiger charge is 2.45. The minimum Gasteiger partial charge on any atom is -0.486 e. The van der Waals surface area contributed by atoms with Gasteiger partial charge in [0.15, 0.2) is 11.5 Å². The Bertz CT molecular complexity index is 1320. The van der Waals surface area contributed by atoms with Crippen LogP contribution >= 0.6 is 11.6 Å². The molecule has 180 valence electrons. The van der Waals surface area contributed by atoms with Crippen LogP contribution in [-0.4, -0.2) is 36.8 Å². The molecule has 1 amide bonds. The molecule has 0 radical (unpaired) electrons. The Labute approximate surface area is 203 Å². The van der Waals surface area contributed by atoms with Gasteiger partial charge in [-0.2, -0.15) is 8.78 Å². The van der Waals surface area contributed by atoms with E-state index in [0.717, 1.165) is 0 Å². The van der Waals surface area contributed by atoms with E-state index in [1.807, 2.05) is 0 Å². The highest BCUT2D eigenvalue weighted by molar-refractivity contribution is 6.32. The summed E-state index contributed by atoms with van der Waals surface area (Å²) in [6, 6.07) is 14.4. The summed E-state index contributed by atoms with van der Waals surface area (Å²) in [7, 11) is 0. The third-order valence-electron chi connectivity index (χ3n) is 5.92. The fourth-order valence-electron chi connectivity index (χ4n) is 4.50. The molecule has 7 nitrogen and oxygen atoms in total. The molecular formula is C25H18ClF2NO6. The van der Waals surface area contributed by atoms with Crippen LogP contribution < -0.4 is 19.1 Å². The standard InChI is InChI=1S/C25H18ClF2NO6/c26-17-12-14(6-8-18(17)35-25(27)28)29-22(13-5-7-19-20(11-13)34-10-9-33-19)21(24(31)32)15-3-1-2-4-16(15)23(29)30/h1-8,11-12,21-22,25H,9-10H2,(H,31,32). The lowest BCUT2D eigenvalue weighted by Crippen LogP contribution is -2.45. The maximum absolute atomic E-state index is 13.7. The molecule has 5 rings (SSSR count). The van der Waals surface area contributed by atoms with Crippen molar-refractivity contribution in [2.24, 2.45) is 0 Å². The molecule has 3 aromatic rings. The molecule has 3 aromatic carbocycles. The number of benzene rings is 3. The van der Waals surface area contributed by atoms with Gasteiger partial charge in [-0.15, -0.1) is 0 Å². The first kappa shape index (κ1) is 22.9. The molecule has 2 unspecified atom stereocenters. The number of amides is 1. The number of anilines is 1. The maximum Gasteiger partial charge on any atom is 0.387 e. The number of nitrogens with zero attached hydrogens (tertiary/aromatic N) is 1. The molecular weight excluding hydrogens is 484 g/mol. The second-order valence-corrected chi connectivity index (χ2v) is 8.33. The van der Waals surface area contributed by atoms with Crippen molar-refractivity contribution in [1.29, 1.82) is 0 Å². The second-order valence-electron chi connectivity index (χ2n) is 7.92. The second kappa shape index (κ2) is 9.07. The van der Waals surface area contributed by atoms with Crippen molar-refractivity contribution in [3.8, 4) is 17.2 Å². The molecule has 2 aliphatic heterocycles. The van der Waals surface area contributed by atoms with Gasteiger partial charge in [0.2, 0.25) is 0 Å². The predicted molar refractivity (Wildman–Crippen MR) is 122 cm³/mol. The van der Waals surface area contributed by atoms with Crippen LogP contribution in [0.4, 0.5) is 14.5 Å². The zero-order chi connectivity index (χ0) is 24.7. The number of hydrogen-bond acceptors (Lipinski definition) is 5. The van der Waals surface area contributed by atoms with Crippen molar-refractivity contribution in [2.45, 2.75) is 18.6 Å². The number of fused-ring (bicyclic) bond motifs is 2. The predicted octanol–water partition coefficient (Wildman–Crippen LogP) is 5.28. The quantitative estimate of drug-likeness (QED) is 0.512. The van der Waals surface area contributed by atoms with Crippen LogP contribution in [0.3, 0.4) is 0 Å². The van der Waals surface area contributed by atoms with Crippen molar-refractivity contribution in [3.05, 3.63) is 82.4 Å². The summed E-state index contributed by atoms with van der Waals surface area (Å²) in [5.74, 6) is -2.06. The molecule has 1 N–H and O–H groups in total. The van der Waals surface area contributed by atoms with Crippen LogP contribution in [0, 0.1) is 0 Å². The molecule has 2 heterocycles. The summed E-state index contributed by atoms with van der Waals surface area (Å²) in [5.41, 5.74) is 1.30. The smallest absolute Gasteiger partial charge is 0.387 e. The molecule has 0 fully saturated rings. The third kappa shape index (κ3) is 4.12. The minimum atomic E-state index is -3.08. The Hall–Kier alpha value is -3.85. The summed E-state index contributed by atoms with van der Waals surface area (Å²) in [6.45, 7) is -2.36. The zero-order valence-electron chi connectivity index (χ0n) is 18.0. The lowest BCUT2D eigenvalue weighted by molar-refractivity contribution is -0.139. The van der Waals surface area contributed by atoms with Crippen molar-refractivity contribution in [2.75, 3.05) is 18.1 Å². The molecule has 0 aromatic heterocycles. The van der Waals surface area contributed by atoms with Gasteiger partial charge in [0, 0.05) is 11.3 Å². The number of carbonyl (C=O) groups is 2. The topological polar surface area (TPSA) is 85.3 Å². The number of carboxylic acids is 1. The first-order valence-corrected chi connectivity index (χ1v) is 11.0. The molecule has 10 heteroatoms. The molecule has 35 heavy (non-hydrogen) atoms. The van der Waals surface area contributed by atoms with Crippen LogP contribution in [-0.2, 0) is 4.79 Å². The number of rotatable bonds is 5. The van der Waals surface area contributed by atoms with E-state index >= 15 is 0 Å². The van der Waals surface area contributed by atoms with Gasteiger partial charge >= 0.3 is 12.6 Å². The van der Waals surface area contributed by atoms with E-state index in [-0.39, 0.29) is 22.0 Å². The number of carboxylic acid groups (broad SMARTS) is 1. The average Bonchev–Trinajstić information content (AvgIpc) is 2.84. The van der Waals surface area contributed by atoms with Gasteiger partial charge in [0.1, 0.15) is 24.9 Å². The minimum absolute atomic E-state index is 0.151. The first-order valence-electron chi connectivity index (χ1n) is 10.6. The molecule has 2 atom stereocenters. The number of hydrogen-bond donors (Lipinski definition) is 1. The largest absolute Gasteiger partial charge is 0.486 e. The summed E-state index contributed by atoms with van der Waals surface area (Å²) in [5, 5.41) is 10.1. The lowest BCUT2D eigenvalue weighted by atomic mass is 9.79. The van der Waals surface area contributed by atoms with Crippen molar-refractivity contribution in [1.82, 2.24) is 0 Å². The SMILES string of the molecule is O=C(O)C1c2ccccc2C(=O)N(c2ccc(OC(F)F)c(Cl)c2)C1c1ccc2c(c1)OCCO2. The zero-order valence-corrected chi connectivity index (χ0v) is 18.7. The Balaban J connectivity index is 1.69. The van der Waals surface area contributed by atoms with Gasteiger partial charge in [0.25, 0.3) is 5.91 Å². The van der Waals surface area contributed by atoms with Crippen LogP contribution in [0.15, 0.2) is 60.7 Å². The van der Waals surface area contributed by atoms with Crippen LogP contribution in [0.25, 0.3) is 0 Å².